The molecule has 0 saturated heterocycles. The normalized spacial score (nSPS) is 19.5. The number of hydrogen-bond donors (Lipinski definition) is 1. The summed E-state index contributed by atoms with van der Waals surface area (Å²) < 4.78 is 5.77. The molecule has 1 amide bonds. The van der Waals surface area contributed by atoms with E-state index in [1.807, 2.05) is 60.7 Å². The van der Waals surface area contributed by atoms with Crippen LogP contribution in [0.1, 0.15) is 43.7 Å². The zero-order valence-corrected chi connectivity index (χ0v) is 16.2. The summed E-state index contributed by atoms with van der Waals surface area (Å²) in [5.74, 6) is 0.921. The lowest BCUT2D eigenvalue weighted by Crippen LogP contribution is -2.41. The van der Waals surface area contributed by atoms with Crippen molar-refractivity contribution in [2.45, 2.75) is 45.3 Å². The van der Waals surface area contributed by atoms with E-state index in [1.54, 1.807) is 6.08 Å². The summed E-state index contributed by atoms with van der Waals surface area (Å²) in [7, 11) is 0. The highest BCUT2D eigenvalue weighted by Gasteiger charge is 2.24. The van der Waals surface area contributed by atoms with Crippen LogP contribution >= 0.6 is 0 Å². The predicted molar refractivity (Wildman–Crippen MR) is 110 cm³/mol. The molecule has 1 aliphatic carbocycles. The molecule has 0 bridgehead atoms. The van der Waals surface area contributed by atoms with Crippen molar-refractivity contribution in [2.75, 3.05) is 0 Å². The average molecular weight is 374 g/mol. The van der Waals surface area contributed by atoms with Crippen molar-refractivity contribution < 1.29 is 9.53 Å². The van der Waals surface area contributed by atoms with Crippen LogP contribution in [0, 0.1) is 17.2 Å². The van der Waals surface area contributed by atoms with Crippen LogP contribution in [0.25, 0.3) is 6.08 Å². The van der Waals surface area contributed by atoms with Gasteiger partial charge in [0.1, 0.15) is 24.0 Å². The molecule has 0 aliphatic heterocycles. The summed E-state index contributed by atoms with van der Waals surface area (Å²) in [5, 5.41) is 12.4. The molecule has 0 radical (unpaired) electrons. The van der Waals surface area contributed by atoms with Crippen molar-refractivity contribution in [1.29, 1.82) is 5.26 Å². The van der Waals surface area contributed by atoms with Crippen molar-refractivity contribution >= 4 is 12.0 Å². The van der Waals surface area contributed by atoms with Crippen LogP contribution in [0.15, 0.2) is 60.2 Å². The first-order valence-corrected chi connectivity index (χ1v) is 9.85. The molecule has 28 heavy (non-hydrogen) atoms. The van der Waals surface area contributed by atoms with Crippen LogP contribution in [-0.4, -0.2) is 11.9 Å². The summed E-state index contributed by atoms with van der Waals surface area (Å²) in [6.45, 7) is 2.66. The van der Waals surface area contributed by atoms with E-state index >= 15 is 0 Å². The van der Waals surface area contributed by atoms with E-state index in [2.05, 4.69) is 12.2 Å². The van der Waals surface area contributed by atoms with Gasteiger partial charge in [-0.2, -0.15) is 5.26 Å². The zero-order valence-electron chi connectivity index (χ0n) is 16.2. The van der Waals surface area contributed by atoms with Crippen molar-refractivity contribution in [3.8, 4) is 11.8 Å². The van der Waals surface area contributed by atoms with Gasteiger partial charge in [-0.05, 0) is 48.1 Å². The molecule has 0 spiro atoms. The summed E-state index contributed by atoms with van der Waals surface area (Å²) in [4.78, 5) is 12.5. The van der Waals surface area contributed by atoms with Gasteiger partial charge in [-0.3, -0.25) is 4.79 Å². The van der Waals surface area contributed by atoms with Gasteiger partial charge < -0.3 is 10.1 Å². The summed E-state index contributed by atoms with van der Waals surface area (Å²) >= 11 is 0. The fourth-order valence-electron chi connectivity index (χ4n) is 3.49. The molecule has 3 rings (SSSR count). The third-order valence-corrected chi connectivity index (χ3v) is 5.23. The standard InChI is InChI=1S/C24H26N2O2/c1-18-7-5-6-10-23(18)26-24(27)21(16-25)15-19-11-13-22(14-12-19)28-17-20-8-3-2-4-9-20/h2-4,8-9,11-15,18,23H,5-7,10,17H2,1H3,(H,26,27)/b21-15-/t18-,23+/m0/s1. The molecule has 1 fully saturated rings. The first-order valence-electron chi connectivity index (χ1n) is 9.85. The highest BCUT2D eigenvalue weighted by molar-refractivity contribution is 6.01. The number of ether oxygens (including phenoxy) is 1. The van der Waals surface area contributed by atoms with Crippen molar-refractivity contribution in [3.05, 3.63) is 71.3 Å². The fraction of sp³-hybridized carbons (Fsp3) is 0.333. The van der Waals surface area contributed by atoms with Gasteiger partial charge in [0.2, 0.25) is 0 Å². The minimum Gasteiger partial charge on any atom is -0.489 e. The Morgan fingerprint density at radius 1 is 1.14 bits per heavy atom. The van der Waals surface area contributed by atoms with Gasteiger partial charge in [0.15, 0.2) is 0 Å². The Bertz CT molecular complexity index is 850. The Hall–Kier alpha value is -3.06. The lowest BCUT2D eigenvalue weighted by Gasteiger charge is -2.29. The fourth-order valence-corrected chi connectivity index (χ4v) is 3.49. The van der Waals surface area contributed by atoms with E-state index in [0.29, 0.717) is 12.5 Å². The molecule has 0 aromatic heterocycles. The van der Waals surface area contributed by atoms with Gasteiger partial charge in [0.25, 0.3) is 5.91 Å². The third kappa shape index (κ3) is 5.47. The number of carbonyl (C=O) groups excluding carboxylic acids is 1. The minimum atomic E-state index is -0.286. The van der Waals surface area contributed by atoms with Crippen molar-refractivity contribution in [2.24, 2.45) is 5.92 Å². The number of carbonyl (C=O) groups is 1. The Morgan fingerprint density at radius 2 is 1.86 bits per heavy atom. The van der Waals surface area contributed by atoms with Crippen LogP contribution in [0.4, 0.5) is 0 Å². The van der Waals surface area contributed by atoms with E-state index < -0.39 is 0 Å². The molecule has 2 atom stereocenters. The SMILES string of the molecule is C[C@H]1CCCC[C@H]1NC(=O)/C(C#N)=C\c1ccc(OCc2ccccc2)cc1. The highest BCUT2D eigenvalue weighted by atomic mass is 16.5. The number of nitrogens with zero attached hydrogens (tertiary/aromatic N) is 1. The van der Waals surface area contributed by atoms with Gasteiger partial charge in [-0.1, -0.05) is 62.2 Å². The van der Waals surface area contributed by atoms with Crippen molar-refractivity contribution in [1.82, 2.24) is 5.32 Å². The predicted octanol–water partition coefficient (Wildman–Crippen LogP) is 4.87. The van der Waals surface area contributed by atoms with Gasteiger partial charge >= 0.3 is 0 Å². The zero-order chi connectivity index (χ0) is 19.8. The third-order valence-electron chi connectivity index (χ3n) is 5.23. The first kappa shape index (κ1) is 19.7. The second kappa shape index (κ2) is 9.75. The number of rotatable bonds is 6. The van der Waals surface area contributed by atoms with Crippen LogP contribution in [0.2, 0.25) is 0 Å². The molecular weight excluding hydrogens is 348 g/mol. The number of nitrogens with one attached hydrogen (secondary N) is 1. The van der Waals surface area contributed by atoms with E-state index in [1.165, 1.54) is 6.42 Å². The van der Waals surface area contributed by atoms with E-state index in [-0.39, 0.29) is 17.5 Å². The Morgan fingerprint density at radius 3 is 2.54 bits per heavy atom. The number of nitriles is 1. The van der Waals surface area contributed by atoms with Crippen LogP contribution < -0.4 is 10.1 Å². The summed E-state index contributed by atoms with van der Waals surface area (Å²) in [5.41, 5.74) is 2.04. The van der Waals surface area contributed by atoms with Gasteiger partial charge in [0, 0.05) is 6.04 Å². The molecular formula is C24H26N2O2. The van der Waals surface area contributed by atoms with E-state index in [9.17, 15) is 10.1 Å². The van der Waals surface area contributed by atoms with Crippen LogP contribution in [-0.2, 0) is 11.4 Å². The monoisotopic (exact) mass is 374 g/mol. The molecule has 144 valence electrons. The molecule has 1 aliphatic rings. The topological polar surface area (TPSA) is 62.1 Å². The minimum absolute atomic E-state index is 0.135. The van der Waals surface area contributed by atoms with Crippen molar-refractivity contribution in [3.63, 3.8) is 0 Å². The smallest absolute Gasteiger partial charge is 0.262 e. The van der Waals surface area contributed by atoms with E-state index in [0.717, 1.165) is 36.1 Å². The summed E-state index contributed by atoms with van der Waals surface area (Å²) in [6, 6.07) is 19.6. The lowest BCUT2D eigenvalue weighted by molar-refractivity contribution is -0.118. The maximum atomic E-state index is 12.5. The van der Waals surface area contributed by atoms with Gasteiger partial charge in [-0.15, -0.1) is 0 Å². The quantitative estimate of drug-likeness (QED) is 0.580. The average Bonchev–Trinajstić information content (AvgIpc) is 2.73. The largest absolute Gasteiger partial charge is 0.489 e. The highest BCUT2D eigenvalue weighted by Crippen LogP contribution is 2.24. The molecule has 0 heterocycles. The van der Waals surface area contributed by atoms with Gasteiger partial charge in [-0.25, -0.2) is 0 Å². The molecule has 4 nitrogen and oxygen atoms in total. The van der Waals surface area contributed by atoms with Crippen LogP contribution in [0.5, 0.6) is 5.75 Å². The summed E-state index contributed by atoms with van der Waals surface area (Å²) in [6.07, 6.45) is 6.09. The maximum absolute atomic E-state index is 12.5. The molecule has 1 saturated carbocycles. The maximum Gasteiger partial charge on any atom is 0.262 e. The van der Waals surface area contributed by atoms with Crippen LogP contribution in [0.3, 0.4) is 0 Å². The number of amides is 1. The second-order valence-corrected chi connectivity index (χ2v) is 7.35. The number of hydrogen-bond acceptors (Lipinski definition) is 3. The lowest BCUT2D eigenvalue weighted by atomic mass is 9.86. The molecule has 1 N–H and O–H groups in total. The first-order chi connectivity index (χ1) is 13.7. The Labute approximate surface area is 166 Å². The second-order valence-electron chi connectivity index (χ2n) is 7.35. The molecule has 0 unspecified atom stereocenters. The Kier molecular flexibility index (Phi) is 6.86. The van der Waals surface area contributed by atoms with Gasteiger partial charge in [0.05, 0.1) is 0 Å². The molecule has 4 heteroatoms. The Balaban J connectivity index is 1.60. The molecule has 2 aromatic rings. The molecule has 2 aromatic carbocycles. The van der Waals surface area contributed by atoms with E-state index in [4.69, 9.17) is 4.74 Å². The number of benzene rings is 2.